The van der Waals surface area contributed by atoms with Gasteiger partial charge < -0.3 is 4.90 Å². The van der Waals surface area contributed by atoms with Crippen LogP contribution in [-0.4, -0.2) is 34.6 Å². The molecule has 2 aliphatic rings. The van der Waals surface area contributed by atoms with E-state index in [1.54, 1.807) is 0 Å². The number of amidine groups is 1. The monoisotopic (exact) mass is 259 g/mol. The zero-order valence-corrected chi connectivity index (χ0v) is 11.4. The molecule has 0 atom stereocenters. The summed E-state index contributed by atoms with van der Waals surface area (Å²) in [6.07, 6.45) is 2.57. The third kappa shape index (κ3) is 2.43. The van der Waals surface area contributed by atoms with Crippen molar-refractivity contribution in [1.82, 2.24) is 4.90 Å². The number of rotatable bonds is 1. The van der Waals surface area contributed by atoms with Crippen LogP contribution in [0.2, 0.25) is 0 Å². The lowest BCUT2D eigenvalue weighted by atomic mass is 10.1. The third-order valence-electron chi connectivity index (χ3n) is 3.36. The van der Waals surface area contributed by atoms with Crippen LogP contribution in [0.5, 0.6) is 0 Å². The van der Waals surface area contributed by atoms with E-state index in [1.807, 2.05) is 11.8 Å². The molecule has 1 saturated heterocycles. The summed E-state index contributed by atoms with van der Waals surface area (Å²) in [5, 5.41) is 9.88. The molecule has 3 rings (SSSR count). The summed E-state index contributed by atoms with van der Waals surface area (Å²) in [5.74, 6) is 0.929. The van der Waals surface area contributed by atoms with Gasteiger partial charge in [0, 0.05) is 18.8 Å². The minimum Gasteiger partial charge on any atom is -0.350 e. The molecule has 0 spiro atoms. The molecule has 0 saturated carbocycles. The molecule has 3 nitrogen and oxygen atoms in total. The summed E-state index contributed by atoms with van der Waals surface area (Å²) in [7, 11) is 0. The first-order valence-corrected chi connectivity index (χ1v) is 7.41. The average molecular weight is 259 g/mol. The molecule has 18 heavy (non-hydrogen) atoms. The Hall–Kier alpha value is -1.29. The molecule has 0 unspecified atom stereocenters. The fraction of sp³-hybridized carbons (Fsp3) is 0.429. The molecule has 0 bridgehead atoms. The Morgan fingerprint density at radius 3 is 2.39 bits per heavy atom. The van der Waals surface area contributed by atoms with Gasteiger partial charge in [-0.3, -0.25) is 0 Å². The number of benzene rings is 1. The van der Waals surface area contributed by atoms with Gasteiger partial charge in [-0.15, -0.1) is 5.10 Å². The highest BCUT2D eigenvalue weighted by Crippen LogP contribution is 2.21. The van der Waals surface area contributed by atoms with E-state index in [9.17, 15) is 0 Å². The molecular formula is C14H17N3S. The molecule has 1 aromatic carbocycles. The van der Waals surface area contributed by atoms with Crippen LogP contribution in [-0.2, 0) is 0 Å². The topological polar surface area (TPSA) is 28.0 Å². The van der Waals surface area contributed by atoms with Crippen molar-refractivity contribution < 1.29 is 0 Å². The van der Waals surface area contributed by atoms with Crippen LogP contribution in [0.4, 0.5) is 0 Å². The molecule has 2 heterocycles. The Morgan fingerprint density at radius 1 is 1.06 bits per heavy atom. The van der Waals surface area contributed by atoms with Gasteiger partial charge in [-0.1, -0.05) is 41.6 Å². The maximum atomic E-state index is 4.40. The van der Waals surface area contributed by atoms with Crippen molar-refractivity contribution >= 4 is 22.6 Å². The lowest BCUT2D eigenvalue weighted by Crippen LogP contribution is -2.27. The van der Waals surface area contributed by atoms with Gasteiger partial charge in [0.05, 0.1) is 5.71 Å². The Balaban J connectivity index is 1.77. The summed E-state index contributed by atoms with van der Waals surface area (Å²) < 4.78 is 0. The Bertz CT molecular complexity index is 484. The van der Waals surface area contributed by atoms with E-state index in [0.29, 0.717) is 0 Å². The molecule has 0 amide bonds. The largest absolute Gasteiger partial charge is 0.350 e. The van der Waals surface area contributed by atoms with Gasteiger partial charge in [0.1, 0.15) is 0 Å². The van der Waals surface area contributed by atoms with Crippen LogP contribution in [0.25, 0.3) is 0 Å². The molecular weight excluding hydrogens is 242 g/mol. The van der Waals surface area contributed by atoms with E-state index in [0.717, 1.165) is 29.7 Å². The van der Waals surface area contributed by atoms with Gasteiger partial charge in [-0.25, -0.2) is 0 Å². The molecule has 1 fully saturated rings. The fourth-order valence-electron chi connectivity index (χ4n) is 2.24. The summed E-state index contributed by atoms with van der Waals surface area (Å²) in [6, 6.07) is 8.51. The highest BCUT2D eigenvalue weighted by molar-refractivity contribution is 8.14. The summed E-state index contributed by atoms with van der Waals surface area (Å²) >= 11 is 1.81. The molecule has 94 valence electrons. The maximum Gasteiger partial charge on any atom is 0.186 e. The van der Waals surface area contributed by atoms with Gasteiger partial charge >= 0.3 is 0 Å². The van der Waals surface area contributed by atoms with E-state index in [4.69, 9.17) is 0 Å². The van der Waals surface area contributed by atoms with Crippen molar-refractivity contribution in [2.24, 2.45) is 10.2 Å². The number of thioether (sulfide) groups is 1. The predicted molar refractivity (Wildman–Crippen MR) is 78.4 cm³/mol. The lowest BCUT2D eigenvalue weighted by Gasteiger charge is -2.21. The molecule has 2 aliphatic heterocycles. The van der Waals surface area contributed by atoms with Gasteiger partial charge in [-0.2, -0.15) is 5.10 Å². The normalized spacial score (nSPS) is 19.7. The Labute approximate surface area is 112 Å². The van der Waals surface area contributed by atoms with Crippen LogP contribution in [0.15, 0.2) is 34.5 Å². The van der Waals surface area contributed by atoms with E-state index in [2.05, 4.69) is 46.3 Å². The number of aryl methyl sites for hydroxylation is 1. The standard InChI is InChI=1S/C14H17N3S/c1-11-4-6-12(7-5-11)13-10-18-14(16-15-13)17-8-2-3-9-17/h4-7H,2-3,8-10H2,1H3. The summed E-state index contributed by atoms with van der Waals surface area (Å²) in [4.78, 5) is 2.35. The number of nitrogens with zero attached hydrogens (tertiary/aromatic N) is 3. The molecule has 4 heteroatoms. The summed E-state index contributed by atoms with van der Waals surface area (Å²) in [6.45, 7) is 4.38. The van der Waals surface area contributed by atoms with Crippen LogP contribution < -0.4 is 0 Å². The predicted octanol–water partition coefficient (Wildman–Crippen LogP) is 2.90. The van der Waals surface area contributed by atoms with E-state index in [-0.39, 0.29) is 0 Å². The lowest BCUT2D eigenvalue weighted by molar-refractivity contribution is 0.528. The zero-order valence-electron chi connectivity index (χ0n) is 10.6. The fourth-order valence-corrected chi connectivity index (χ4v) is 3.20. The summed E-state index contributed by atoms with van der Waals surface area (Å²) in [5.41, 5.74) is 3.56. The minimum atomic E-state index is 0.929. The highest BCUT2D eigenvalue weighted by atomic mass is 32.2. The molecule has 0 radical (unpaired) electrons. The maximum absolute atomic E-state index is 4.40. The Morgan fingerprint density at radius 2 is 1.78 bits per heavy atom. The van der Waals surface area contributed by atoms with E-state index in [1.165, 1.54) is 24.0 Å². The minimum absolute atomic E-state index is 0.929. The highest BCUT2D eigenvalue weighted by Gasteiger charge is 2.20. The smallest absolute Gasteiger partial charge is 0.186 e. The van der Waals surface area contributed by atoms with Crippen LogP contribution >= 0.6 is 11.8 Å². The van der Waals surface area contributed by atoms with Gasteiger partial charge in [0.25, 0.3) is 0 Å². The van der Waals surface area contributed by atoms with Crippen molar-refractivity contribution in [3.05, 3.63) is 35.4 Å². The van der Waals surface area contributed by atoms with Crippen LogP contribution in [0.3, 0.4) is 0 Å². The second-order valence-electron chi connectivity index (χ2n) is 4.78. The van der Waals surface area contributed by atoms with Gasteiger partial charge in [0.2, 0.25) is 0 Å². The Kier molecular flexibility index (Phi) is 3.37. The average Bonchev–Trinajstić information content (AvgIpc) is 2.94. The van der Waals surface area contributed by atoms with Crippen LogP contribution in [0, 0.1) is 6.92 Å². The van der Waals surface area contributed by atoms with Crippen molar-refractivity contribution in [1.29, 1.82) is 0 Å². The second kappa shape index (κ2) is 5.14. The zero-order chi connectivity index (χ0) is 12.4. The first-order valence-electron chi connectivity index (χ1n) is 6.42. The van der Waals surface area contributed by atoms with Gasteiger partial charge in [-0.05, 0) is 25.3 Å². The first kappa shape index (κ1) is 11.8. The van der Waals surface area contributed by atoms with Crippen molar-refractivity contribution in [2.75, 3.05) is 18.8 Å². The van der Waals surface area contributed by atoms with Crippen molar-refractivity contribution in [2.45, 2.75) is 19.8 Å². The number of hydrogen-bond donors (Lipinski definition) is 0. The molecule has 0 aliphatic carbocycles. The van der Waals surface area contributed by atoms with Crippen molar-refractivity contribution in [3.63, 3.8) is 0 Å². The molecule has 0 aromatic heterocycles. The number of hydrogen-bond acceptors (Lipinski definition) is 4. The third-order valence-corrected chi connectivity index (χ3v) is 4.37. The molecule has 0 N–H and O–H groups in total. The van der Waals surface area contributed by atoms with Crippen LogP contribution in [0.1, 0.15) is 24.0 Å². The van der Waals surface area contributed by atoms with E-state index < -0.39 is 0 Å². The van der Waals surface area contributed by atoms with Gasteiger partial charge in [0.15, 0.2) is 5.17 Å². The molecule has 1 aromatic rings. The first-order chi connectivity index (χ1) is 8.83. The van der Waals surface area contributed by atoms with E-state index >= 15 is 0 Å². The SMILES string of the molecule is Cc1ccc(C2=NN=C(N3CCCC3)SC2)cc1. The quantitative estimate of drug-likeness (QED) is 0.775. The number of likely N-dealkylation sites (tertiary alicyclic amines) is 1. The van der Waals surface area contributed by atoms with Crippen molar-refractivity contribution in [3.8, 4) is 0 Å². The second-order valence-corrected chi connectivity index (χ2v) is 5.72.